The van der Waals surface area contributed by atoms with E-state index in [1.165, 1.54) is 25.3 Å². The van der Waals surface area contributed by atoms with Crippen LogP contribution in [0.2, 0.25) is 0 Å². The minimum absolute atomic E-state index is 0.101. The molecule has 0 saturated heterocycles. The summed E-state index contributed by atoms with van der Waals surface area (Å²) in [4.78, 5) is 26.0. The number of nitrogens with one attached hydrogen (secondary N) is 1. The Morgan fingerprint density at radius 1 is 1.36 bits per heavy atom. The number of nitrogens with zero attached hydrogens (tertiary/aromatic N) is 2. The average Bonchev–Trinajstić information content (AvgIpc) is 2.62. The molecule has 8 heteroatoms. The highest BCUT2D eigenvalue weighted by molar-refractivity contribution is 7.99. The molecule has 0 atom stereocenters. The highest BCUT2D eigenvalue weighted by atomic mass is 32.2. The topological polar surface area (TPSA) is 84.7 Å². The SMILES string of the molecule is COc1ccc([N+](=O)[O-])cc1NC(=O)CN1CCSc2ccccc21. The number of ether oxygens (including phenoxy) is 1. The smallest absolute Gasteiger partial charge is 0.271 e. The monoisotopic (exact) mass is 359 g/mol. The van der Waals surface area contributed by atoms with Gasteiger partial charge in [-0.15, -0.1) is 11.8 Å². The van der Waals surface area contributed by atoms with Gasteiger partial charge in [0.2, 0.25) is 5.91 Å². The van der Waals surface area contributed by atoms with Crippen LogP contribution in [0.15, 0.2) is 47.4 Å². The minimum Gasteiger partial charge on any atom is -0.495 e. The molecule has 0 spiro atoms. The molecular formula is C17H17N3O4S. The maximum Gasteiger partial charge on any atom is 0.271 e. The number of fused-ring (bicyclic) bond motifs is 1. The third-order valence-corrected chi connectivity index (χ3v) is 4.87. The Bertz CT molecular complexity index is 812. The maximum atomic E-state index is 12.5. The number of hydrogen-bond acceptors (Lipinski definition) is 6. The van der Waals surface area contributed by atoms with Crippen molar-refractivity contribution in [2.24, 2.45) is 0 Å². The van der Waals surface area contributed by atoms with E-state index in [-0.39, 0.29) is 18.1 Å². The van der Waals surface area contributed by atoms with Gasteiger partial charge in [0.25, 0.3) is 5.69 Å². The van der Waals surface area contributed by atoms with Crippen molar-refractivity contribution in [1.82, 2.24) is 0 Å². The number of methoxy groups -OCH3 is 1. The minimum atomic E-state index is -0.507. The first-order valence-corrected chi connectivity index (χ1v) is 8.66. The van der Waals surface area contributed by atoms with Crippen LogP contribution in [-0.4, -0.2) is 36.8 Å². The van der Waals surface area contributed by atoms with Crippen LogP contribution < -0.4 is 15.0 Å². The summed E-state index contributed by atoms with van der Waals surface area (Å²) in [6.07, 6.45) is 0. The van der Waals surface area contributed by atoms with Crippen LogP contribution in [0.25, 0.3) is 0 Å². The highest BCUT2D eigenvalue weighted by Crippen LogP contribution is 2.34. The number of rotatable bonds is 5. The van der Waals surface area contributed by atoms with Crippen LogP contribution in [-0.2, 0) is 4.79 Å². The molecule has 1 aliphatic rings. The molecule has 0 bridgehead atoms. The van der Waals surface area contributed by atoms with Crippen molar-refractivity contribution in [2.75, 3.05) is 36.2 Å². The van der Waals surface area contributed by atoms with Gasteiger partial charge in [0.05, 0.1) is 30.0 Å². The van der Waals surface area contributed by atoms with Crippen LogP contribution >= 0.6 is 11.8 Å². The van der Waals surface area contributed by atoms with Gasteiger partial charge in [0.1, 0.15) is 5.75 Å². The van der Waals surface area contributed by atoms with E-state index in [9.17, 15) is 14.9 Å². The van der Waals surface area contributed by atoms with Gasteiger partial charge < -0.3 is 15.0 Å². The molecule has 1 N–H and O–H groups in total. The molecule has 0 radical (unpaired) electrons. The maximum absolute atomic E-state index is 12.5. The van der Waals surface area contributed by atoms with Gasteiger partial charge in [-0.25, -0.2) is 0 Å². The fourth-order valence-corrected chi connectivity index (χ4v) is 3.71. The molecule has 7 nitrogen and oxygen atoms in total. The van der Waals surface area contributed by atoms with Gasteiger partial charge in [-0.05, 0) is 18.2 Å². The Morgan fingerprint density at radius 2 is 2.16 bits per heavy atom. The number of non-ortho nitro benzene ring substituents is 1. The molecule has 0 fully saturated rings. The standard InChI is InChI=1S/C17H17N3O4S/c1-24-15-7-6-12(20(22)23)10-13(15)18-17(21)11-19-8-9-25-16-5-3-2-4-14(16)19/h2-7,10H,8-9,11H2,1H3,(H,18,21). The molecule has 25 heavy (non-hydrogen) atoms. The second-order valence-electron chi connectivity index (χ2n) is 5.43. The van der Waals surface area contributed by atoms with Gasteiger partial charge in [0, 0.05) is 29.3 Å². The summed E-state index contributed by atoms with van der Waals surface area (Å²) < 4.78 is 5.17. The van der Waals surface area contributed by atoms with E-state index in [0.29, 0.717) is 11.4 Å². The summed E-state index contributed by atoms with van der Waals surface area (Å²) in [7, 11) is 1.45. The van der Waals surface area contributed by atoms with Crippen molar-refractivity contribution in [3.8, 4) is 5.75 Å². The summed E-state index contributed by atoms with van der Waals surface area (Å²) in [6.45, 7) is 0.935. The largest absolute Gasteiger partial charge is 0.495 e. The summed E-state index contributed by atoms with van der Waals surface area (Å²) >= 11 is 1.77. The molecule has 0 saturated carbocycles. The molecule has 2 aromatic rings. The molecule has 3 rings (SSSR count). The molecule has 1 aliphatic heterocycles. The van der Waals surface area contributed by atoms with Crippen LogP contribution in [0.1, 0.15) is 0 Å². The van der Waals surface area contributed by atoms with E-state index in [1.54, 1.807) is 11.8 Å². The van der Waals surface area contributed by atoms with Crippen LogP contribution in [0.4, 0.5) is 17.1 Å². The van der Waals surface area contributed by atoms with Crippen LogP contribution in [0.5, 0.6) is 5.75 Å². The van der Waals surface area contributed by atoms with Gasteiger partial charge in [0.15, 0.2) is 0 Å². The zero-order valence-electron chi connectivity index (χ0n) is 13.6. The predicted molar refractivity (Wildman–Crippen MR) is 97.7 cm³/mol. The van der Waals surface area contributed by atoms with E-state index in [1.807, 2.05) is 29.2 Å². The molecule has 0 aliphatic carbocycles. The first-order chi connectivity index (χ1) is 12.1. The lowest BCUT2D eigenvalue weighted by atomic mass is 10.2. The first kappa shape index (κ1) is 17.1. The zero-order valence-corrected chi connectivity index (χ0v) is 14.4. The number of hydrogen-bond donors (Lipinski definition) is 1. The van der Waals surface area contributed by atoms with E-state index in [4.69, 9.17) is 4.74 Å². The van der Waals surface area contributed by atoms with Crippen LogP contribution in [0, 0.1) is 10.1 Å². The molecular weight excluding hydrogens is 342 g/mol. The van der Waals surface area contributed by atoms with E-state index >= 15 is 0 Å². The number of anilines is 2. The number of thioether (sulfide) groups is 1. The Morgan fingerprint density at radius 3 is 2.92 bits per heavy atom. The van der Waals surface area contributed by atoms with E-state index < -0.39 is 4.92 Å². The van der Waals surface area contributed by atoms with Gasteiger partial charge in [-0.2, -0.15) is 0 Å². The lowest BCUT2D eigenvalue weighted by molar-refractivity contribution is -0.384. The third-order valence-electron chi connectivity index (χ3n) is 3.83. The lowest BCUT2D eigenvalue weighted by Crippen LogP contribution is -2.36. The summed E-state index contributed by atoms with van der Waals surface area (Å²) in [6, 6.07) is 12.1. The normalized spacial score (nSPS) is 13.1. The number of carbonyl (C=O) groups excluding carboxylic acids is 1. The Labute approximate surface area is 149 Å². The number of nitro benzene ring substituents is 1. The molecule has 1 amide bonds. The number of nitro groups is 1. The number of amides is 1. The van der Waals surface area contributed by atoms with Crippen molar-refractivity contribution in [3.63, 3.8) is 0 Å². The highest BCUT2D eigenvalue weighted by Gasteiger charge is 2.20. The second kappa shape index (κ2) is 7.43. The van der Waals surface area contributed by atoms with Crippen LogP contribution in [0.3, 0.4) is 0 Å². The van der Waals surface area contributed by atoms with Crippen molar-refractivity contribution in [1.29, 1.82) is 0 Å². The second-order valence-corrected chi connectivity index (χ2v) is 6.56. The lowest BCUT2D eigenvalue weighted by Gasteiger charge is -2.30. The fraction of sp³-hybridized carbons (Fsp3) is 0.235. The quantitative estimate of drug-likeness (QED) is 0.652. The molecule has 0 aromatic heterocycles. The Balaban J connectivity index is 1.75. The van der Waals surface area contributed by atoms with Gasteiger partial charge >= 0.3 is 0 Å². The predicted octanol–water partition coefficient (Wildman–Crippen LogP) is 3.15. The Hall–Kier alpha value is -2.74. The Kier molecular flexibility index (Phi) is 5.08. The number of benzene rings is 2. The van der Waals surface area contributed by atoms with E-state index in [2.05, 4.69) is 5.32 Å². The molecule has 130 valence electrons. The molecule has 1 heterocycles. The van der Waals surface area contributed by atoms with Crippen molar-refractivity contribution in [3.05, 3.63) is 52.6 Å². The summed E-state index contributed by atoms with van der Waals surface area (Å²) in [5.74, 6) is 1.04. The fourth-order valence-electron chi connectivity index (χ4n) is 2.66. The van der Waals surface area contributed by atoms with Gasteiger partial charge in [-0.3, -0.25) is 14.9 Å². The summed E-state index contributed by atoms with van der Waals surface area (Å²) in [5, 5.41) is 13.7. The van der Waals surface area contributed by atoms with Gasteiger partial charge in [-0.1, -0.05) is 12.1 Å². The molecule has 0 unspecified atom stereocenters. The van der Waals surface area contributed by atoms with Crippen molar-refractivity contribution < 1.29 is 14.5 Å². The number of carbonyl (C=O) groups is 1. The number of para-hydroxylation sites is 1. The molecule has 2 aromatic carbocycles. The zero-order chi connectivity index (χ0) is 17.8. The van der Waals surface area contributed by atoms with Crippen molar-refractivity contribution in [2.45, 2.75) is 4.90 Å². The van der Waals surface area contributed by atoms with Crippen molar-refractivity contribution >= 4 is 34.7 Å². The average molecular weight is 359 g/mol. The van der Waals surface area contributed by atoms with E-state index in [0.717, 1.165) is 22.9 Å². The third kappa shape index (κ3) is 3.85. The summed E-state index contributed by atoms with van der Waals surface area (Å²) in [5.41, 5.74) is 1.22. The first-order valence-electron chi connectivity index (χ1n) is 7.67.